The molecule has 0 spiro atoms. The van der Waals surface area contributed by atoms with Crippen molar-refractivity contribution in [3.63, 3.8) is 0 Å². The number of nitrogens with one attached hydrogen (secondary N) is 1. The molecule has 1 N–H and O–H groups in total. The van der Waals surface area contributed by atoms with Gasteiger partial charge in [-0.2, -0.15) is 0 Å². The minimum Gasteiger partial charge on any atom is -0.309 e. The predicted octanol–water partition coefficient (Wildman–Crippen LogP) is 4.07. The second-order valence-electron chi connectivity index (χ2n) is 4.26. The van der Waals surface area contributed by atoms with Crippen LogP contribution in [-0.4, -0.2) is 11.5 Å². The molecule has 0 saturated carbocycles. The molecular formula is C13H24N2S. The van der Waals surface area contributed by atoms with E-state index in [0.717, 1.165) is 6.54 Å². The molecule has 16 heavy (non-hydrogen) atoms. The van der Waals surface area contributed by atoms with E-state index in [-0.39, 0.29) is 0 Å². The lowest BCUT2D eigenvalue weighted by Gasteiger charge is -2.16. The maximum atomic E-state index is 4.34. The SMILES string of the molecule is CCCCCCC(NCC)c1scnc1C. The Morgan fingerprint density at radius 3 is 2.69 bits per heavy atom. The number of aromatic nitrogens is 1. The van der Waals surface area contributed by atoms with Gasteiger partial charge in [0.2, 0.25) is 0 Å². The zero-order valence-electron chi connectivity index (χ0n) is 10.8. The summed E-state index contributed by atoms with van der Waals surface area (Å²) in [4.78, 5) is 5.77. The van der Waals surface area contributed by atoms with Crippen LogP contribution in [-0.2, 0) is 0 Å². The van der Waals surface area contributed by atoms with Crippen LogP contribution in [0.2, 0.25) is 0 Å². The summed E-state index contributed by atoms with van der Waals surface area (Å²) in [5.74, 6) is 0. The van der Waals surface area contributed by atoms with Gasteiger partial charge in [-0.3, -0.25) is 0 Å². The number of rotatable bonds is 8. The molecule has 0 aliphatic carbocycles. The Bertz CT molecular complexity index is 283. The Kier molecular flexibility index (Phi) is 6.65. The molecule has 0 fully saturated rings. The fraction of sp³-hybridized carbons (Fsp3) is 0.769. The largest absolute Gasteiger partial charge is 0.309 e. The minimum absolute atomic E-state index is 0.523. The summed E-state index contributed by atoms with van der Waals surface area (Å²) in [5.41, 5.74) is 3.16. The first-order chi connectivity index (χ1) is 7.79. The molecule has 1 heterocycles. The third-order valence-corrected chi connectivity index (χ3v) is 3.94. The van der Waals surface area contributed by atoms with Crippen molar-refractivity contribution in [3.8, 4) is 0 Å². The molecule has 1 rings (SSSR count). The molecule has 0 aromatic carbocycles. The fourth-order valence-corrected chi connectivity index (χ4v) is 2.91. The van der Waals surface area contributed by atoms with Gasteiger partial charge < -0.3 is 5.32 Å². The van der Waals surface area contributed by atoms with Crippen molar-refractivity contribution in [2.75, 3.05) is 6.54 Å². The van der Waals surface area contributed by atoms with Gasteiger partial charge in [0.25, 0.3) is 0 Å². The van der Waals surface area contributed by atoms with Crippen LogP contribution in [0.4, 0.5) is 0 Å². The van der Waals surface area contributed by atoms with Crippen molar-refractivity contribution in [2.45, 2.75) is 58.9 Å². The molecule has 2 nitrogen and oxygen atoms in total. The number of unbranched alkanes of at least 4 members (excludes halogenated alkanes) is 3. The standard InChI is InChI=1S/C13H24N2S/c1-4-6-7-8-9-12(14-5-2)13-11(3)15-10-16-13/h10,12,14H,4-9H2,1-3H3. The van der Waals surface area contributed by atoms with Crippen LogP contribution in [0.3, 0.4) is 0 Å². The van der Waals surface area contributed by atoms with E-state index in [1.54, 1.807) is 11.3 Å². The van der Waals surface area contributed by atoms with Gasteiger partial charge >= 0.3 is 0 Å². The number of nitrogens with zero attached hydrogens (tertiary/aromatic N) is 1. The lowest BCUT2D eigenvalue weighted by Crippen LogP contribution is -2.20. The van der Waals surface area contributed by atoms with Crippen LogP contribution < -0.4 is 5.32 Å². The molecule has 1 aromatic heterocycles. The van der Waals surface area contributed by atoms with Crippen LogP contribution in [0.5, 0.6) is 0 Å². The molecular weight excluding hydrogens is 216 g/mol. The summed E-state index contributed by atoms with van der Waals surface area (Å²) in [6.07, 6.45) is 6.60. The first kappa shape index (κ1) is 13.7. The highest BCUT2D eigenvalue weighted by Gasteiger charge is 2.14. The molecule has 92 valence electrons. The maximum Gasteiger partial charge on any atom is 0.0798 e. The molecule has 1 atom stereocenters. The van der Waals surface area contributed by atoms with E-state index in [0.29, 0.717) is 6.04 Å². The van der Waals surface area contributed by atoms with Crippen LogP contribution in [0, 0.1) is 6.92 Å². The van der Waals surface area contributed by atoms with Crippen LogP contribution >= 0.6 is 11.3 Å². The summed E-state index contributed by atoms with van der Waals surface area (Å²) in [6.45, 7) is 7.59. The molecule has 3 heteroatoms. The van der Waals surface area contributed by atoms with Gasteiger partial charge in [-0.15, -0.1) is 11.3 Å². The van der Waals surface area contributed by atoms with Gasteiger partial charge in [0, 0.05) is 10.9 Å². The molecule has 0 radical (unpaired) electrons. The predicted molar refractivity (Wildman–Crippen MR) is 72.0 cm³/mol. The van der Waals surface area contributed by atoms with E-state index in [2.05, 4.69) is 31.1 Å². The molecule has 0 saturated heterocycles. The summed E-state index contributed by atoms with van der Waals surface area (Å²) in [7, 11) is 0. The molecule has 1 aromatic rings. The lowest BCUT2D eigenvalue weighted by molar-refractivity contribution is 0.485. The average molecular weight is 240 g/mol. The van der Waals surface area contributed by atoms with Crippen molar-refractivity contribution in [1.29, 1.82) is 0 Å². The zero-order chi connectivity index (χ0) is 11.8. The molecule has 1 unspecified atom stereocenters. The number of hydrogen-bond acceptors (Lipinski definition) is 3. The smallest absolute Gasteiger partial charge is 0.0798 e. The van der Waals surface area contributed by atoms with Crippen molar-refractivity contribution < 1.29 is 0 Å². The molecule has 0 aliphatic heterocycles. The topological polar surface area (TPSA) is 24.9 Å². The highest BCUT2D eigenvalue weighted by atomic mass is 32.1. The summed E-state index contributed by atoms with van der Waals surface area (Å²) >= 11 is 1.79. The van der Waals surface area contributed by atoms with E-state index < -0.39 is 0 Å². The van der Waals surface area contributed by atoms with Gasteiger partial charge in [-0.05, 0) is 19.9 Å². The third-order valence-electron chi connectivity index (χ3n) is 2.90. The van der Waals surface area contributed by atoms with E-state index in [1.165, 1.54) is 42.7 Å². The highest BCUT2D eigenvalue weighted by molar-refractivity contribution is 7.09. The summed E-state index contributed by atoms with van der Waals surface area (Å²) in [5, 5.41) is 3.57. The quantitative estimate of drug-likeness (QED) is 0.693. The van der Waals surface area contributed by atoms with Crippen LogP contribution in [0.15, 0.2) is 5.51 Å². The van der Waals surface area contributed by atoms with Crippen LogP contribution in [0.25, 0.3) is 0 Å². The number of aryl methyl sites for hydroxylation is 1. The molecule has 0 bridgehead atoms. The van der Waals surface area contributed by atoms with Crippen molar-refractivity contribution >= 4 is 11.3 Å². The van der Waals surface area contributed by atoms with E-state index >= 15 is 0 Å². The first-order valence-corrected chi connectivity index (χ1v) is 7.30. The Labute approximate surface area is 103 Å². The molecule has 0 amide bonds. The normalized spacial score (nSPS) is 12.9. The summed E-state index contributed by atoms with van der Waals surface area (Å²) < 4.78 is 0. The lowest BCUT2D eigenvalue weighted by atomic mass is 10.1. The first-order valence-electron chi connectivity index (χ1n) is 6.42. The van der Waals surface area contributed by atoms with E-state index in [1.807, 2.05) is 5.51 Å². The Balaban J connectivity index is 2.45. The van der Waals surface area contributed by atoms with Gasteiger partial charge in [-0.25, -0.2) is 4.98 Å². The van der Waals surface area contributed by atoms with Gasteiger partial charge in [-0.1, -0.05) is 39.5 Å². The Morgan fingerprint density at radius 1 is 1.31 bits per heavy atom. The molecule has 0 aliphatic rings. The highest BCUT2D eigenvalue weighted by Crippen LogP contribution is 2.26. The van der Waals surface area contributed by atoms with Crippen molar-refractivity contribution in [2.24, 2.45) is 0 Å². The maximum absolute atomic E-state index is 4.34. The van der Waals surface area contributed by atoms with E-state index in [9.17, 15) is 0 Å². The Hall–Kier alpha value is -0.410. The van der Waals surface area contributed by atoms with Gasteiger partial charge in [0.15, 0.2) is 0 Å². The van der Waals surface area contributed by atoms with Gasteiger partial charge in [0.1, 0.15) is 0 Å². The van der Waals surface area contributed by atoms with Crippen molar-refractivity contribution in [1.82, 2.24) is 10.3 Å². The Morgan fingerprint density at radius 2 is 2.12 bits per heavy atom. The van der Waals surface area contributed by atoms with Crippen molar-refractivity contribution in [3.05, 3.63) is 16.1 Å². The monoisotopic (exact) mass is 240 g/mol. The van der Waals surface area contributed by atoms with Gasteiger partial charge in [0.05, 0.1) is 11.2 Å². The second-order valence-corrected chi connectivity index (χ2v) is 5.15. The number of hydrogen-bond donors (Lipinski definition) is 1. The average Bonchev–Trinajstić information content (AvgIpc) is 2.69. The number of thiazole rings is 1. The van der Waals surface area contributed by atoms with E-state index in [4.69, 9.17) is 0 Å². The van der Waals surface area contributed by atoms with Crippen LogP contribution in [0.1, 0.15) is 62.6 Å². The third kappa shape index (κ3) is 4.22. The summed E-state index contributed by atoms with van der Waals surface area (Å²) in [6, 6.07) is 0.523. The minimum atomic E-state index is 0.523. The second kappa shape index (κ2) is 7.80. The fourth-order valence-electron chi connectivity index (χ4n) is 1.99. The zero-order valence-corrected chi connectivity index (χ0v) is 11.6.